The lowest BCUT2D eigenvalue weighted by molar-refractivity contribution is -0.136. The van der Waals surface area contributed by atoms with Crippen molar-refractivity contribution in [3.8, 4) is 5.75 Å². The summed E-state index contributed by atoms with van der Waals surface area (Å²) in [5.74, 6) is 0.243. The van der Waals surface area contributed by atoms with Crippen LogP contribution in [0.3, 0.4) is 0 Å². The molecule has 1 amide bonds. The minimum atomic E-state index is -4.45. The average Bonchev–Trinajstić information content (AvgIpc) is 2.68. The highest BCUT2D eigenvalue weighted by atomic mass is 19.4. The van der Waals surface area contributed by atoms with E-state index in [1.807, 2.05) is 6.07 Å². The summed E-state index contributed by atoms with van der Waals surface area (Å²) in [5.41, 5.74) is 0.194. The number of alkyl halides is 3. The van der Waals surface area contributed by atoms with Crippen molar-refractivity contribution in [1.82, 2.24) is 0 Å². The van der Waals surface area contributed by atoms with Gasteiger partial charge in [0, 0.05) is 11.4 Å². The molecule has 0 aliphatic carbocycles. The van der Waals surface area contributed by atoms with Gasteiger partial charge in [-0.05, 0) is 48.5 Å². The van der Waals surface area contributed by atoms with E-state index in [2.05, 4.69) is 10.6 Å². The van der Waals surface area contributed by atoms with Crippen LogP contribution in [0.1, 0.15) is 5.56 Å². The zero-order chi connectivity index (χ0) is 20.0. The molecular weight excluding hydrogens is 369 g/mol. The smallest absolute Gasteiger partial charge is 0.418 e. The third-order valence-electron chi connectivity index (χ3n) is 3.79. The molecule has 3 rings (SSSR count). The number of benzene rings is 3. The van der Waals surface area contributed by atoms with Crippen LogP contribution in [0.25, 0.3) is 0 Å². The van der Waals surface area contributed by atoms with E-state index in [1.54, 1.807) is 48.5 Å². The Bertz CT molecular complexity index is 926. The van der Waals surface area contributed by atoms with Gasteiger partial charge in [0.05, 0.1) is 11.3 Å². The molecule has 144 valence electrons. The van der Waals surface area contributed by atoms with Gasteiger partial charge >= 0.3 is 6.18 Å². The Morgan fingerprint density at radius 2 is 1.43 bits per heavy atom. The van der Waals surface area contributed by atoms with E-state index in [9.17, 15) is 18.0 Å². The van der Waals surface area contributed by atoms with Crippen LogP contribution in [0, 0.1) is 0 Å². The van der Waals surface area contributed by atoms with Gasteiger partial charge in [0.25, 0.3) is 5.91 Å². The lowest BCUT2D eigenvalue weighted by Gasteiger charge is -2.14. The van der Waals surface area contributed by atoms with Crippen molar-refractivity contribution in [3.05, 3.63) is 84.4 Å². The number of rotatable bonds is 6. The van der Waals surface area contributed by atoms with Crippen molar-refractivity contribution in [2.45, 2.75) is 6.18 Å². The van der Waals surface area contributed by atoms with Crippen molar-refractivity contribution in [2.75, 3.05) is 17.2 Å². The second-order valence-electron chi connectivity index (χ2n) is 5.90. The monoisotopic (exact) mass is 386 g/mol. The van der Waals surface area contributed by atoms with E-state index in [1.165, 1.54) is 18.2 Å². The number of halogens is 3. The van der Waals surface area contributed by atoms with Crippen molar-refractivity contribution in [3.63, 3.8) is 0 Å². The van der Waals surface area contributed by atoms with Gasteiger partial charge in [0.15, 0.2) is 6.61 Å². The largest absolute Gasteiger partial charge is 0.484 e. The van der Waals surface area contributed by atoms with Crippen molar-refractivity contribution in [1.29, 1.82) is 0 Å². The molecule has 7 heteroatoms. The molecule has 0 radical (unpaired) electrons. The number of hydrogen-bond acceptors (Lipinski definition) is 3. The highest BCUT2D eigenvalue weighted by Gasteiger charge is 2.33. The van der Waals surface area contributed by atoms with Crippen molar-refractivity contribution < 1.29 is 22.7 Å². The minimum Gasteiger partial charge on any atom is -0.484 e. The van der Waals surface area contributed by atoms with Gasteiger partial charge < -0.3 is 15.4 Å². The first kappa shape index (κ1) is 19.3. The minimum absolute atomic E-state index is 0.0388. The second-order valence-corrected chi connectivity index (χ2v) is 5.90. The maximum atomic E-state index is 13.1. The van der Waals surface area contributed by atoms with Crippen LogP contribution in [0.15, 0.2) is 78.9 Å². The first-order valence-electron chi connectivity index (χ1n) is 8.43. The number of carbonyl (C=O) groups excluding carboxylic acids is 1. The third-order valence-corrected chi connectivity index (χ3v) is 3.79. The fourth-order valence-corrected chi connectivity index (χ4v) is 2.49. The summed E-state index contributed by atoms with van der Waals surface area (Å²) in [6.07, 6.45) is -4.45. The molecule has 0 aromatic heterocycles. The molecule has 0 fully saturated rings. The van der Waals surface area contributed by atoms with Gasteiger partial charge in [-0.25, -0.2) is 0 Å². The molecule has 0 aliphatic heterocycles. The Labute approximate surface area is 160 Å². The number of para-hydroxylation sites is 2. The summed E-state index contributed by atoms with van der Waals surface area (Å²) in [4.78, 5) is 11.9. The zero-order valence-electron chi connectivity index (χ0n) is 14.7. The lowest BCUT2D eigenvalue weighted by atomic mass is 10.1. The van der Waals surface area contributed by atoms with Crippen LogP contribution >= 0.6 is 0 Å². The predicted molar refractivity (Wildman–Crippen MR) is 102 cm³/mol. The maximum absolute atomic E-state index is 13.1. The molecule has 0 saturated heterocycles. The van der Waals surface area contributed by atoms with Gasteiger partial charge in [0.1, 0.15) is 5.75 Å². The van der Waals surface area contributed by atoms with E-state index in [4.69, 9.17) is 4.74 Å². The fourth-order valence-electron chi connectivity index (χ4n) is 2.49. The van der Waals surface area contributed by atoms with E-state index in [0.29, 0.717) is 17.1 Å². The van der Waals surface area contributed by atoms with Crippen LogP contribution in [0.5, 0.6) is 5.75 Å². The molecular formula is C21H17F3N2O2. The Morgan fingerprint density at radius 1 is 0.821 bits per heavy atom. The van der Waals surface area contributed by atoms with Crippen LogP contribution in [-0.2, 0) is 11.0 Å². The first-order valence-corrected chi connectivity index (χ1v) is 8.43. The quantitative estimate of drug-likeness (QED) is 0.591. The molecule has 4 nitrogen and oxygen atoms in total. The first-order chi connectivity index (χ1) is 13.4. The van der Waals surface area contributed by atoms with Crippen LogP contribution in [-0.4, -0.2) is 12.5 Å². The molecule has 0 unspecified atom stereocenters. The van der Waals surface area contributed by atoms with Crippen LogP contribution < -0.4 is 15.4 Å². The van der Waals surface area contributed by atoms with Gasteiger partial charge in [-0.2, -0.15) is 13.2 Å². The standard InChI is InChI=1S/C21H17F3N2O2/c22-21(23,24)18-8-4-5-9-19(18)25-15-10-12-16(13-11-15)26-20(27)14-28-17-6-2-1-3-7-17/h1-13,25H,14H2,(H,26,27). The normalized spacial score (nSPS) is 11.0. The van der Waals surface area contributed by atoms with Crippen molar-refractivity contribution in [2.24, 2.45) is 0 Å². The molecule has 0 bridgehead atoms. The van der Waals surface area contributed by atoms with E-state index >= 15 is 0 Å². The summed E-state index contributed by atoms with van der Waals surface area (Å²) < 4.78 is 44.5. The van der Waals surface area contributed by atoms with E-state index < -0.39 is 11.7 Å². The molecule has 3 aromatic carbocycles. The van der Waals surface area contributed by atoms with E-state index in [0.717, 1.165) is 6.07 Å². The molecule has 0 spiro atoms. The second kappa shape index (κ2) is 8.47. The zero-order valence-corrected chi connectivity index (χ0v) is 14.7. The number of carbonyl (C=O) groups is 1. The summed E-state index contributed by atoms with van der Waals surface area (Å²) in [7, 11) is 0. The number of anilines is 3. The Hall–Kier alpha value is -3.48. The van der Waals surface area contributed by atoms with Gasteiger partial charge in [-0.15, -0.1) is 0 Å². The van der Waals surface area contributed by atoms with Crippen LogP contribution in [0.4, 0.5) is 30.2 Å². The Kier molecular flexibility index (Phi) is 5.84. The molecule has 28 heavy (non-hydrogen) atoms. The van der Waals surface area contributed by atoms with E-state index in [-0.39, 0.29) is 18.2 Å². The molecule has 2 N–H and O–H groups in total. The number of amides is 1. The maximum Gasteiger partial charge on any atom is 0.418 e. The fraction of sp³-hybridized carbons (Fsp3) is 0.0952. The third kappa shape index (κ3) is 5.26. The lowest BCUT2D eigenvalue weighted by Crippen LogP contribution is -2.20. The topological polar surface area (TPSA) is 50.4 Å². The molecule has 0 saturated carbocycles. The number of nitrogens with one attached hydrogen (secondary N) is 2. The molecule has 3 aromatic rings. The molecule has 0 aliphatic rings. The highest BCUT2D eigenvalue weighted by Crippen LogP contribution is 2.35. The summed E-state index contributed by atoms with van der Waals surface area (Å²) in [6, 6.07) is 20.5. The SMILES string of the molecule is O=C(COc1ccccc1)Nc1ccc(Nc2ccccc2C(F)(F)F)cc1. The van der Waals surface area contributed by atoms with Gasteiger partial charge in [0.2, 0.25) is 0 Å². The highest BCUT2D eigenvalue weighted by molar-refractivity contribution is 5.92. The Balaban J connectivity index is 1.59. The summed E-state index contributed by atoms with van der Waals surface area (Å²) >= 11 is 0. The van der Waals surface area contributed by atoms with Crippen LogP contribution in [0.2, 0.25) is 0 Å². The summed E-state index contributed by atoms with van der Waals surface area (Å²) in [6.45, 7) is -0.150. The summed E-state index contributed by atoms with van der Waals surface area (Å²) in [5, 5.41) is 5.42. The van der Waals surface area contributed by atoms with Crippen molar-refractivity contribution >= 4 is 23.0 Å². The molecule has 0 heterocycles. The molecule has 0 atom stereocenters. The van der Waals surface area contributed by atoms with Gasteiger partial charge in [-0.3, -0.25) is 4.79 Å². The van der Waals surface area contributed by atoms with Gasteiger partial charge in [-0.1, -0.05) is 30.3 Å². The average molecular weight is 386 g/mol. The number of hydrogen-bond donors (Lipinski definition) is 2. The number of ether oxygens (including phenoxy) is 1. The Morgan fingerprint density at radius 3 is 2.11 bits per heavy atom. The predicted octanol–water partition coefficient (Wildman–Crippen LogP) is 5.47.